The van der Waals surface area contributed by atoms with Crippen molar-refractivity contribution in [3.63, 3.8) is 0 Å². The number of aromatic nitrogens is 3. The van der Waals surface area contributed by atoms with E-state index < -0.39 is 0 Å². The molecule has 1 aliphatic rings. The molecule has 0 bridgehead atoms. The maximum atomic E-state index is 5.74. The molecule has 5 nitrogen and oxygen atoms in total. The van der Waals surface area contributed by atoms with Crippen molar-refractivity contribution in [1.82, 2.24) is 19.7 Å². The van der Waals surface area contributed by atoms with Crippen molar-refractivity contribution < 1.29 is 0 Å². The zero-order chi connectivity index (χ0) is 12.3. The quantitative estimate of drug-likeness (QED) is 0.854. The molecular formula is C12H23N5. The van der Waals surface area contributed by atoms with E-state index in [0.717, 1.165) is 18.8 Å². The fourth-order valence-electron chi connectivity index (χ4n) is 2.42. The van der Waals surface area contributed by atoms with E-state index in [2.05, 4.69) is 22.0 Å². The van der Waals surface area contributed by atoms with Crippen molar-refractivity contribution in [1.29, 1.82) is 0 Å². The molecule has 2 N–H and O–H groups in total. The highest BCUT2D eigenvalue weighted by Gasteiger charge is 2.18. The van der Waals surface area contributed by atoms with Crippen molar-refractivity contribution >= 4 is 0 Å². The first-order valence-corrected chi connectivity index (χ1v) is 6.52. The molecule has 0 spiro atoms. The molecule has 96 valence electrons. The Labute approximate surface area is 103 Å². The van der Waals surface area contributed by atoms with E-state index in [1.54, 1.807) is 6.33 Å². The van der Waals surface area contributed by atoms with Crippen LogP contribution in [0.4, 0.5) is 0 Å². The molecule has 0 radical (unpaired) electrons. The smallest absolute Gasteiger partial charge is 0.166 e. The second kappa shape index (κ2) is 5.60. The summed E-state index contributed by atoms with van der Waals surface area (Å²) in [6.45, 7) is 4.08. The van der Waals surface area contributed by atoms with Crippen molar-refractivity contribution in [2.24, 2.45) is 5.73 Å². The van der Waals surface area contributed by atoms with Gasteiger partial charge in [-0.2, -0.15) is 5.10 Å². The maximum Gasteiger partial charge on any atom is 0.166 e. The third-order valence-electron chi connectivity index (χ3n) is 3.57. The molecule has 0 aromatic carbocycles. The summed E-state index contributed by atoms with van der Waals surface area (Å²) in [7, 11) is 2.22. The van der Waals surface area contributed by atoms with Gasteiger partial charge in [-0.25, -0.2) is 4.98 Å². The molecule has 0 aliphatic carbocycles. The monoisotopic (exact) mass is 237 g/mol. The van der Waals surface area contributed by atoms with Gasteiger partial charge in [-0.15, -0.1) is 0 Å². The van der Waals surface area contributed by atoms with Crippen LogP contribution in [0.5, 0.6) is 0 Å². The summed E-state index contributed by atoms with van der Waals surface area (Å²) in [4.78, 5) is 6.68. The lowest BCUT2D eigenvalue weighted by molar-refractivity contribution is 0.169. The van der Waals surface area contributed by atoms with Crippen LogP contribution < -0.4 is 5.73 Å². The zero-order valence-electron chi connectivity index (χ0n) is 10.8. The highest BCUT2D eigenvalue weighted by atomic mass is 15.3. The maximum absolute atomic E-state index is 5.74. The molecule has 1 saturated heterocycles. The fourth-order valence-corrected chi connectivity index (χ4v) is 2.42. The SMILES string of the molecule is CC(N)c1ncn(CCC2CCCCN2C)n1. The van der Waals surface area contributed by atoms with Gasteiger partial charge in [0, 0.05) is 12.6 Å². The molecule has 1 fully saturated rings. The van der Waals surface area contributed by atoms with Crippen LogP contribution in [0.3, 0.4) is 0 Å². The van der Waals surface area contributed by atoms with Gasteiger partial charge in [-0.1, -0.05) is 6.42 Å². The van der Waals surface area contributed by atoms with Gasteiger partial charge in [-0.3, -0.25) is 4.68 Å². The third-order valence-corrected chi connectivity index (χ3v) is 3.57. The molecule has 1 aliphatic heterocycles. The molecule has 2 atom stereocenters. The van der Waals surface area contributed by atoms with E-state index in [-0.39, 0.29) is 6.04 Å². The van der Waals surface area contributed by atoms with Crippen molar-refractivity contribution in [2.75, 3.05) is 13.6 Å². The summed E-state index contributed by atoms with van der Waals surface area (Å²) in [5, 5.41) is 4.38. The van der Waals surface area contributed by atoms with Crippen molar-refractivity contribution in [2.45, 2.75) is 51.2 Å². The minimum atomic E-state index is -0.0754. The van der Waals surface area contributed by atoms with Gasteiger partial charge < -0.3 is 10.6 Å². The molecule has 0 amide bonds. The lowest BCUT2D eigenvalue weighted by Gasteiger charge is -2.32. The molecule has 17 heavy (non-hydrogen) atoms. The van der Waals surface area contributed by atoms with Crippen LogP contribution in [0, 0.1) is 0 Å². The summed E-state index contributed by atoms with van der Waals surface area (Å²) in [5.41, 5.74) is 5.74. The first-order chi connectivity index (χ1) is 8.16. The van der Waals surface area contributed by atoms with Crippen molar-refractivity contribution in [3.05, 3.63) is 12.2 Å². The molecular weight excluding hydrogens is 214 g/mol. The average molecular weight is 237 g/mol. The Kier molecular flexibility index (Phi) is 4.12. The Morgan fingerprint density at radius 2 is 2.35 bits per heavy atom. The lowest BCUT2D eigenvalue weighted by Crippen LogP contribution is -2.36. The first-order valence-electron chi connectivity index (χ1n) is 6.52. The highest BCUT2D eigenvalue weighted by Crippen LogP contribution is 2.18. The highest BCUT2D eigenvalue weighted by molar-refractivity contribution is 4.87. The van der Waals surface area contributed by atoms with E-state index >= 15 is 0 Å². The fraction of sp³-hybridized carbons (Fsp3) is 0.833. The Balaban J connectivity index is 1.84. The Hall–Kier alpha value is -0.940. The number of nitrogens with two attached hydrogens (primary N) is 1. The molecule has 1 aromatic rings. The summed E-state index contributed by atoms with van der Waals surface area (Å²) in [5.74, 6) is 0.738. The minimum absolute atomic E-state index is 0.0754. The van der Waals surface area contributed by atoms with E-state index in [0.29, 0.717) is 6.04 Å². The largest absolute Gasteiger partial charge is 0.321 e. The van der Waals surface area contributed by atoms with E-state index in [9.17, 15) is 0 Å². The normalized spacial score (nSPS) is 23.8. The summed E-state index contributed by atoms with van der Waals surface area (Å²) in [6.07, 6.45) is 6.95. The molecule has 2 heterocycles. The molecule has 2 rings (SSSR count). The van der Waals surface area contributed by atoms with Crippen LogP contribution in [0.1, 0.15) is 44.5 Å². The standard InChI is InChI=1S/C12H23N5/c1-10(13)12-14-9-17(15-12)8-6-11-5-3-4-7-16(11)2/h9-11H,3-8,13H2,1-2H3. The molecule has 0 saturated carbocycles. The minimum Gasteiger partial charge on any atom is -0.321 e. The van der Waals surface area contributed by atoms with Gasteiger partial charge in [0.05, 0.1) is 6.04 Å². The van der Waals surface area contributed by atoms with E-state index in [4.69, 9.17) is 5.73 Å². The molecule has 1 aromatic heterocycles. The van der Waals surface area contributed by atoms with Gasteiger partial charge in [0.2, 0.25) is 0 Å². The predicted molar refractivity (Wildman–Crippen MR) is 67.5 cm³/mol. The Bertz CT molecular complexity index is 346. The van der Waals surface area contributed by atoms with E-state index in [1.807, 2.05) is 11.6 Å². The summed E-state index contributed by atoms with van der Waals surface area (Å²) >= 11 is 0. The van der Waals surface area contributed by atoms with Gasteiger partial charge in [0.15, 0.2) is 5.82 Å². The second-order valence-electron chi connectivity index (χ2n) is 5.07. The third kappa shape index (κ3) is 3.26. The van der Waals surface area contributed by atoms with Gasteiger partial charge in [0.25, 0.3) is 0 Å². The van der Waals surface area contributed by atoms with E-state index in [1.165, 1.54) is 25.8 Å². The van der Waals surface area contributed by atoms with Crippen LogP contribution in [0.2, 0.25) is 0 Å². The topological polar surface area (TPSA) is 60.0 Å². The molecule has 2 unspecified atom stereocenters. The van der Waals surface area contributed by atoms with Gasteiger partial charge >= 0.3 is 0 Å². The number of rotatable bonds is 4. The van der Waals surface area contributed by atoms with Crippen LogP contribution in [-0.2, 0) is 6.54 Å². The number of hydrogen-bond donors (Lipinski definition) is 1. The number of aryl methyl sites for hydroxylation is 1. The number of piperidine rings is 1. The lowest BCUT2D eigenvalue weighted by atomic mass is 10.0. The first kappa shape index (κ1) is 12.5. The van der Waals surface area contributed by atoms with Crippen molar-refractivity contribution in [3.8, 4) is 0 Å². The zero-order valence-corrected chi connectivity index (χ0v) is 10.8. The number of hydrogen-bond acceptors (Lipinski definition) is 4. The summed E-state index contributed by atoms with van der Waals surface area (Å²) in [6, 6.07) is 0.625. The van der Waals surface area contributed by atoms with Crippen LogP contribution in [0.25, 0.3) is 0 Å². The molecule has 5 heteroatoms. The summed E-state index contributed by atoms with van der Waals surface area (Å²) < 4.78 is 1.92. The van der Waals surface area contributed by atoms with Crippen LogP contribution in [0.15, 0.2) is 6.33 Å². The van der Waals surface area contributed by atoms with Gasteiger partial charge in [0.1, 0.15) is 6.33 Å². The Morgan fingerprint density at radius 1 is 1.53 bits per heavy atom. The Morgan fingerprint density at radius 3 is 3.00 bits per heavy atom. The average Bonchev–Trinajstić information content (AvgIpc) is 2.77. The van der Waals surface area contributed by atoms with Crippen LogP contribution >= 0.6 is 0 Å². The van der Waals surface area contributed by atoms with Gasteiger partial charge in [-0.05, 0) is 39.8 Å². The van der Waals surface area contributed by atoms with Crippen LogP contribution in [-0.4, -0.2) is 39.3 Å². The number of likely N-dealkylation sites (tertiary alicyclic amines) is 1. The number of nitrogens with zero attached hydrogens (tertiary/aromatic N) is 4. The second-order valence-corrected chi connectivity index (χ2v) is 5.07. The predicted octanol–water partition coefficient (Wildman–Crippen LogP) is 1.17.